The molecular formula is C13H12O5. The Labute approximate surface area is 104 Å². The Morgan fingerprint density at radius 1 is 1.00 bits per heavy atom. The van der Waals surface area contributed by atoms with Gasteiger partial charge in [0.1, 0.15) is 5.75 Å². The minimum Gasteiger partial charge on any atom is -0.497 e. The number of carbonyl (C=O) groups is 3. The van der Waals surface area contributed by atoms with Gasteiger partial charge >= 0.3 is 5.97 Å². The molecule has 0 spiro atoms. The third-order valence-corrected chi connectivity index (χ3v) is 2.15. The molecule has 5 nitrogen and oxygen atoms in total. The Morgan fingerprint density at radius 3 is 2.11 bits per heavy atom. The summed E-state index contributed by atoms with van der Waals surface area (Å²) in [7, 11) is 2.68. The Kier molecular flexibility index (Phi) is 4.80. The van der Waals surface area contributed by atoms with Crippen LogP contribution < -0.4 is 4.74 Å². The van der Waals surface area contributed by atoms with Crippen molar-refractivity contribution in [1.82, 2.24) is 0 Å². The Bertz CT molecular complexity index is 485. The van der Waals surface area contributed by atoms with Crippen LogP contribution in [-0.2, 0) is 14.3 Å². The molecule has 0 bridgehead atoms. The van der Waals surface area contributed by atoms with Gasteiger partial charge in [-0.25, -0.2) is 4.79 Å². The second kappa shape index (κ2) is 6.34. The van der Waals surface area contributed by atoms with E-state index in [9.17, 15) is 14.4 Å². The first-order chi connectivity index (χ1) is 8.58. The molecule has 0 unspecified atom stereocenters. The Morgan fingerprint density at radius 2 is 1.61 bits per heavy atom. The number of Topliss-reactive ketones (excluding diaryl/α,β-unsaturated/α-hetero) is 1. The third kappa shape index (κ3) is 3.55. The molecule has 0 fully saturated rings. The molecule has 0 amide bonds. The molecule has 94 valence electrons. The van der Waals surface area contributed by atoms with Crippen LogP contribution in [-0.4, -0.2) is 31.8 Å². The normalized spacial score (nSPS) is 10.1. The van der Waals surface area contributed by atoms with Crippen molar-refractivity contribution in [1.29, 1.82) is 0 Å². The van der Waals surface area contributed by atoms with Gasteiger partial charge in [0.05, 0.1) is 14.2 Å². The zero-order valence-corrected chi connectivity index (χ0v) is 10.0. The van der Waals surface area contributed by atoms with Crippen LogP contribution in [0.3, 0.4) is 0 Å². The SMILES string of the molecule is COC(=O)/C=C/C(=O)C(=O)c1ccc(OC)cc1. The molecule has 0 radical (unpaired) electrons. The van der Waals surface area contributed by atoms with E-state index in [1.807, 2.05) is 0 Å². The van der Waals surface area contributed by atoms with Crippen molar-refractivity contribution in [2.24, 2.45) is 0 Å². The summed E-state index contributed by atoms with van der Waals surface area (Å²) in [6.07, 6.45) is 1.79. The molecule has 5 heteroatoms. The van der Waals surface area contributed by atoms with E-state index in [2.05, 4.69) is 4.74 Å². The number of hydrogen-bond donors (Lipinski definition) is 0. The number of allylic oxidation sites excluding steroid dienone is 1. The van der Waals surface area contributed by atoms with Crippen LogP contribution in [0, 0.1) is 0 Å². The molecule has 0 heterocycles. The molecule has 1 aromatic rings. The maximum absolute atomic E-state index is 11.7. The quantitative estimate of drug-likeness (QED) is 0.338. The van der Waals surface area contributed by atoms with Crippen LogP contribution in [0.4, 0.5) is 0 Å². The van der Waals surface area contributed by atoms with E-state index in [4.69, 9.17) is 4.74 Å². The monoisotopic (exact) mass is 248 g/mol. The molecule has 0 saturated heterocycles. The molecule has 0 aliphatic carbocycles. The molecule has 0 N–H and O–H groups in total. The second-order valence-corrected chi connectivity index (χ2v) is 3.28. The highest BCUT2D eigenvalue weighted by Gasteiger charge is 2.13. The predicted molar refractivity (Wildman–Crippen MR) is 63.5 cm³/mol. The summed E-state index contributed by atoms with van der Waals surface area (Å²) >= 11 is 0. The smallest absolute Gasteiger partial charge is 0.330 e. The predicted octanol–water partition coefficient (Wildman–Crippen LogP) is 1.18. The van der Waals surface area contributed by atoms with Crippen molar-refractivity contribution in [3.05, 3.63) is 42.0 Å². The summed E-state index contributed by atoms with van der Waals surface area (Å²) in [6.45, 7) is 0. The van der Waals surface area contributed by atoms with E-state index in [0.717, 1.165) is 12.2 Å². The van der Waals surface area contributed by atoms with Crippen LogP contribution in [0.5, 0.6) is 5.75 Å². The Balaban J connectivity index is 2.77. The standard InChI is InChI=1S/C13H12O5/c1-17-10-5-3-9(4-6-10)13(16)11(14)7-8-12(15)18-2/h3-8H,1-2H3/b8-7+. The number of methoxy groups -OCH3 is 2. The first kappa shape index (κ1) is 13.6. The van der Waals surface area contributed by atoms with E-state index < -0.39 is 17.5 Å². The van der Waals surface area contributed by atoms with E-state index in [1.54, 1.807) is 12.1 Å². The van der Waals surface area contributed by atoms with Crippen molar-refractivity contribution < 1.29 is 23.9 Å². The number of benzene rings is 1. The second-order valence-electron chi connectivity index (χ2n) is 3.28. The molecule has 1 aromatic carbocycles. The van der Waals surface area contributed by atoms with Crippen molar-refractivity contribution in [3.8, 4) is 5.75 Å². The van der Waals surface area contributed by atoms with Gasteiger partial charge in [-0.2, -0.15) is 0 Å². The molecule has 0 aliphatic rings. The maximum atomic E-state index is 11.7. The number of carbonyl (C=O) groups excluding carboxylic acids is 3. The highest BCUT2D eigenvalue weighted by molar-refractivity contribution is 6.47. The third-order valence-electron chi connectivity index (χ3n) is 2.15. The average Bonchev–Trinajstić information content (AvgIpc) is 2.43. The van der Waals surface area contributed by atoms with Gasteiger partial charge in [-0.05, 0) is 30.3 Å². The van der Waals surface area contributed by atoms with Gasteiger partial charge in [-0.3, -0.25) is 9.59 Å². The summed E-state index contributed by atoms with van der Waals surface area (Å²) in [4.78, 5) is 33.9. The maximum Gasteiger partial charge on any atom is 0.330 e. The lowest BCUT2D eigenvalue weighted by Crippen LogP contribution is -2.11. The largest absolute Gasteiger partial charge is 0.497 e. The van der Waals surface area contributed by atoms with Gasteiger partial charge in [0.15, 0.2) is 0 Å². The Hall–Kier alpha value is -2.43. The number of esters is 1. The van der Waals surface area contributed by atoms with Crippen molar-refractivity contribution >= 4 is 17.5 Å². The molecule has 0 saturated carbocycles. The van der Waals surface area contributed by atoms with E-state index in [0.29, 0.717) is 5.75 Å². The van der Waals surface area contributed by atoms with Crippen molar-refractivity contribution in [3.63, 3.8) is 0 Å². The van der Waals surface area contributed by atoms with Crippen LogP contribution in [0.1, 0.15) is 10.4 Å². The molecule has 1 rings (SSSR count). The fraction of sp³-hybridized carbons (Fsp3) is 0.154. The minimum absolute atomic E-state index is 0.232. The van der Waals surface area contributed by atoms with Crippen LogP contribution in [0.15, 0.2) is 36.4 Å². The molecular weight excluding hydrogens is 236 g/mol. The van der Waals surface area contributed by atoms with Gasteiger partial charge in [0.25, 0.3) is 0 Å². The van der Waals surface area contributed by atoms with E-state index in [-0.39, 0.29) is 5.56 Å². The first-order valence-corrected chi connectivity index (χ1v) is 5.07. The lowest BCUT2D eigenvalue weighted by atomic mass is 10.1. The van der Waals surface area contributed by atoms with Crippen molar-refractivity contribution in [2.45, 2.75) is 0 Å². The van der Waals surface area contributed by atoms with Gasteiger partial charge < -0.3 is 9.47 Å². The lowest BCUT2D eigenvalue weighted by molar-refractivity contribution is -0.135. The van der Waals surface area contributed by atoms with Crippen LogP contribution in [0.2, 0.25) is 0 Å². The summed E-state index contributed by atoms with van der Waals surface area (Å²) in [5.41, 5.74) is 0.232. The van der Waals surface area contributed by atoms with Gasteiger partial charge in [-0.15, -0.1) is 0 Å². The average molecular weight is 248 g/mol. The first-order valence-electron chi connectivity index (χ1n) is 5.07. The minimum atomic E-state index is -0.787. The van der Waals surface area contributed by atoms with E-state index in [1.165, 1.54) is 26.4 Å². The molecule has 0 aliphatic heterocycles. The van der Waals surface area contributed by atoms with Crippen LogP contribution >= 0.6 is 0 Å². The molecule has 0 aromatic heterocycles. The number of rotatable bonds is 5. The van der Waals surface area contributed by atoms with Gasteiger partial charge in [0.2, 0.25) is 11.6 Å². The number of ether oxygens (including phenoxy) is 2. The summed E-state index contributed by atoms with van der Waals surface area (Å²) in [5, 5.41) is 0. The number of hydrogen-bond acceptors (Lipinski definition) is 5. The molecule has 0 atom stereocenters. The zero-order valence-electron chi connectivity index (χ0n) is 10.0. The van der Waals surface area contributed by atoms with Gasteiger partial charge in [0, 0.05) is 11.6 Å². The van der Waals surface area contributed by atoms with Gasteiger partial charge in [-0.1, -0.05) is 0 Å². The summed E-state index contributed by atoms with van der Waals surface area (Å²) in [5.74, 6) is -1.58. The highest BCUT2D eigenvalue weighted by Crippen LogP contribution is 2.12. The fourth-order valence-electron chi connectivity index (χ4n) is 1.17. The summed E-state index contributed by atoms with van der Waals surface area (Å²) in [6, 6.07) is 6.10. The van der Waals surface area contributed by atoms with E-state index >= 15 is 0 Å². The number of ketones is 2. The zero-order chi connectivity index (χ0) is 13.5. The fourth-order valence-corrected chi connectivity index (χ4v) is 1.17. The van der Waals surface area contributed by atoms with Crippen LogP contribution in [0.25, 0.3) is 0 Å². The summed E-state index contributed by atoms with van der Waals surface area (Å²) < 4.78 is 9.24. The van der Waals surface area contributed by atoms with Crippen molar-refractivity contribution in [2.75, 3.05) is 14.2 Å². The topological polar surface area (TPSA) is 69.7 Å². The highest BCUT2D eigenvalue weighted by atomic mass is 16.5. The lowest BCUT2D eigenvalue weighted by Gasteiger charge is -2.00. The molecule has 18 heavy (non-hydrogen) atoms.